The van der Waals surface area contributed by atoms with E-state index in [0.29, 0.717) is 24.1 Å². The first kappa shape index (κ1) is 13.8. The molecule has 1 fully saturated rings. The summed E-state index contributed by atoms with van der Waals surface area (Å²) in [5.74, 6) is 0.215. The zero-order valence-electron chi connectivity index (χ0n) is 11.1. The first-order valence-corrected chi connectivity index (χ1v) is 6.61. The Morgan fingerprint density at radius 3 is 2.89 bits per heavy atom. The van der Waals surface area contributed by atoms with Gasteiger partial charge in [0.2, 0.25) is 0 Å². The van der Waals surface area contributed by atoms with Gasteiger partial charge in [0.1, 0.15) is 5.82 Å². The van der Waals surface area contributed by atoms with Crippen LogP contribution in [-0.2, 0) is 6.54 Å². The summed E-state index contributed by atoms with van der Waals surface area (Å²) in [7, 11) is 0. The predicted molar refractivity (Wildman–Crippen MR) is 72.6 cm³/mol. The topological polar surface area (TPSA) is 70.6 Å². The average molecular weight is 265 g/mol. The molecule has 0 spiro atoms. The normalized spacial score (nSPS) is 23.8. The van der Waals surface area contributed by atoms with Gasteiger partial charge >= 0.3 is 0 Å². The molecule has 4 nitrogen and oxygen atoms in total. The summed E-state index contributed by atoms with van der Waals surface area (Å²) in [5.41, 5.74) is 6.69. The van der Waals surface area contributed by atoms with Crippen molar-refractivity contribution in [2.75, 3.05) is 0 Å². The molecule has 1 aliphatic rings. The van der Waals surface area contributed by atoms with Crippen LogP contribution in [0.5, 0.6) is 0 Å². The highest BCUT2D eigenvalue weighted by atomic mass is 19.1. The van der Waals surface area contributed by atoms with E-state index in [1.165, 1.54) is 31.4 Å². The summed E-state index contributed by atoms with van der Waals surface area (Å²) in [6.07, 6.45) is 3.66. The Bertz CT molecular complexity index is 476. The minimum Gasteiger partial charge on any atom is -0.409 e. The number of hydrogen-bond donors (Lipinski definition) is 3. The van der Waals surface area contributed by atoms with Crippen LogP contribution in [0.2, 0.25) is 0 Å². The molecule has 5 heteroatoms. The van der Waals surface area contributed by atoms with Crippen LogP contribution in [0.25, 0.3) is 0 Å². The second-order valence-corrected chi connectivity index (χ2v) is 5.23. The zero-order valence-corrected chi connectivity index (χ0v) is 11.1. The van der Waals surface area contributed by atoms with E-state index in [0.717, 1.165) is 5.56 Å². The molecule has 0 aromatic heterocycles. The molecule has 2 unspecified atom stereocenters. The van der Waals surface area contributed by atoms with Crippen LogP contribution in [0.15, 0.2) is 23.4 Å². The largest absolute Gasteiger partial charge is 0.409 e. The van der Waals surface area contributed by atoms with E-state index in [2.05, 4.69) is 17.4 Å². The van der Waals surface area contributed by atoms with Gasteiger partial charge in [-0.25, -0.2) is 4.39 Å². The molecule has 0 bridgehead atoms. The maximum absolute atomic E-state index is 13.5. The van der Waals surface area contributed by atoms with E-state index in [9.17, 15) is 4.39 Å². The Hall–Kier alpha value is -1.62. The van der Waals surface area contributed by atoms with Gasteiger partial charge in [-0.15, -0.1) is 0 Å². The van der Waals surface area contributed by atoms with E-state index < -0.39 is 0 Å². The number of nitrogens with two attached hydrogens (primary N) is 1. The van der Waals surface area contributed by atoms with Crippen LogP contribution in [0, 0.1) is 11.7 Å². The molecule has 4 N–H and O–H groups in total. The number of rotatable bonds is 4. The summed E-state index contributed by atoms with van der Waals surface area (Å²) < 4.78 is 13.5. The summed E-state index contributed by atoms with van der Waals surface area (Å²) in [6.45, 7) is 2.83. The van der Waals surface area contributed by atoms with Crippen molar-refractivity contribution >= 4 is 5.84 Å². The van der Waals surface area contributed by atoms with Crippen molar-refractivity contribution < 1.29 is 9.60 Å². The van der Waals surface area contributed by atoms with Gasteiger partial charge in [0.15, 0.2) is 5.84 Å². The monoisotopic (exact) mass is 265 g/mol. The van der Waals surface area contributed by atoms with Crippen molar-refractivity contribution in [3.63, 3.8) is 0 Å². The smallest absolute Gasteiger partial charge is 0.170 e. The fraction of sp³-hybridized carbons (Fsp3) is 0.500. The fourth-order valence-electron chi connectivity index (χ4n) is 2.66. The molecule has 1 aliphatic carbocycles. The highest BCUT2D eigenvalue weighted by Crippen LogP contribution is 2.25. The van der Waals surface area contributed by atoms with Crippen LogP contribution in [0.3, 0.4) is 0 Å². The Morgan fingerprint density at radius 1 is 1.47 bits per heavy atom. The average Bonchev–Trinajstić information content (AvgIpc) is 2.80. The predicted octanol–water partition coefficient (Wildman–Crippen LogP) is 2.20. The Balaban J connectivity index is 2.05. The molecule has 0 saturated heterocycles. The molecule has 2 atom stereocenters. The van der Waals surface area contributed by atoms with E-state index in [4.69, 9.17) is 10.9 Å². The molecular weight excluding hydrogens is 245 g/mol. The molecule has 0 radical (unpaired) electrons. The van der Waals surface area contributed by atoms with Gasteiger partial charge in [0.25, 0.3) is 0 Å². The first-order valence-electron chi connectivity index (χ1n) is 6.61. The number of hydrogen-bond acceptors (Lipinski definition) is 3. The molecule has 0 amide bonds. The Morgan fingerprint density at radius 2 is 2.26 bits per heavy atom. The van der Waals surface area contributed by atoms with Crippen LogP contribution in [-0.4, -0.2) is 17.1 Å². The minimum atomic E-state index is -0.375. The third-order valence-corrected chi connectivity index (χ3v) is 3.79. The van der Waals surface area contributed by atoms with E-state index in [-0.39, 0.29) is 11.7 Å². The molecule has 2 rings (SSSR count). The molecular formula is C14H20FN3O. The molecule has 0 aliphatic heterocycles. The Kier molecular flexibility index (Phi) is 4.37. The minimum absolute atomic E-state index is 0.0741. The molecule has 1 aromatic carbocycles. The van der Waals surface area contributed by atoms with Gasteiger partial charge < -0.3 is 16.3 Å². The maximum atomic E-state index is 13.5. The number of benzene rings is 1. The quantitative estimate of drug-likeness (QED) is 0.338. The van der Waals surface area contributed by atoms with Crippen molar-refractivity contribution in [1.29, 1.82) is 0 Å². The highest BCUT2D eigenvalue weighted by Gasteiger charge is 2.22. The van der Waals surface area contributed by atoms with Crippen LogP contribution in [0.4, 0.5) is 4.39 Å². The Labute approximate surface area is 112 Å². The van der Waals surface area contributed by atoms with Crippen molar-refractivity contribution in [3.05, 3.63) is 35.1 Å². The lowest BCUT2D eigenvalue weighted by molar-refractivity contribution is 0.318. The van der Waals surface area contributed by atoms with Gasteiger partial charge in [-0.1, -0.05) is 18.5 Å². The number of oxime groups is 1. The van der Waals surface area contributed by atoms with E-state index in [1.807, 2.05) is 0 Å². The summed E-state index contributed by atoms with van der Waals surface area (Å²) in [5, 5.41) is 15.0. The molecule has 1 saturated carbocycles. The number of halogens is 1. The number of amidine groups is 1. The molecule has 19 heavy (non-hydrogen) atoms. The maximum Gasteiger partial charge on any atom is 0.170 e. The second kappa shape index (κ2) is 6.02. The van der Waals surface area contributed by atoms with Crippen molar-refractivity contribution in [1.82, 2.24) is 5.32 Å². The zero-order chi connectivity index (χ0) is 13.8. The lowest BCUT2D eigenvalue weighted by Gasteiger charge is -2.17. The van der Waals surface area contributed by atoms with Gasteiger partial charge in [-0.05, 0) is 42.5 Å². The van der Waals surface area contributed by atoms with E-state index >= 15 is 0 Å². The highest BCUT2D eigenvalue weighted by molar-refractivity contribution is 5.97. The molecule has 1 aromatic rings. The molecule has 0 heterocycles. The van der Waals surface area contributed by atoms with Crippen molar-refractivity contribution in [2.24, 2.45) is 16.8 Å². The van der Waals surface area contributed by atoms with Crippen molar-refractivity contribution in [2.45, 2.75) is 38.8 Å². The standard InChI is InChI=1S/C14H20FN3O/c1-9-3-2-4-13(9)17-8-10-5-11(14(16)18-19)7-12(15)6-10/h5-7,9,13,17,19H,2-4,8H2,1H3,(H2,16,18). The first-order chi connectivity index (χ1) is 9.10. The van der Waals surface area contributed by atoms with Gasteiger partial charge in [-0.2, -0.15) is 0 Å². The lowest BCUT2D eigenvalue weighted by atomic mass is 10.1. The second-order valence-electron chi connectivity index (χ2n) is 5.23. The van der Waals surface area contributed by atoms with Crippen LogP contribution < -0.4 is 11.1 Å². The lowest BCUT2D eigenvalue weighted by Crippen LogP contribution is -2.30. The van der Waals surface area contributed by atoms with Gasteiger partial charge in [0, 0.05) is 18.2 Å². The van der Waals surface area contributed by atoms with Gasteiger partial charge in [-0.3, -0.25) is 0 Å². The molecule has 104 valence electrons. The third-order valence-electron chi connectivity index (χ3n) is 3.79. The fourth-order valence-corrected chi connectivity index (χ4v) is 2.66. The summed E-state index contributed by atoms with van der Waals surface area (Å²) in [4.78, 5) is 0. The van der Waals surface area contributed by atoms with E-state index in [1.54, 1.807) is 6.07 Å². The number of nitrogens with one attached hydrogen (secondary N) is 1. The van der Waals surface area contributed by atoms with Crippen molar-refractivity contribution in [3.8, 4) is 0 Å². The summed E-state index contributed by atoms with van der Waals surface area (Å²) in [6, 6.07) is 4.97. The number of nitrogens with zero attached hydrogens (tertiary/aromatic N) is 1. The SMILES string of the molecule is CC1CCCC1NCc1cc(F)cc(/C(N)=N/O)c1. The third kappa shape index (κ3) is 3.44. The van der Waals surface area contributed by atoms with Crippen LogP contribution >= 0.6 is 0 Å². The summed E-state index contributed by atoms with van der Waals surface area (Å²) >= 11 is 0. The van der Waals surface area contributed by atoms with Gasteiger partial charge in [0.05, 0.1) is 0 Å². The van der Waals surface area contributed by atoms with Crippen LogP contribution in [0.1, 0.15) is 37.3 Å².